The largest absolute Gasteiger partial charge is 0.467 e. The number of hydrogen-bond acceptors (Lipinski definition) is 5. The Hall–Kier alpha value is -2.67. The summed E-state index contributed by atoms with van der Waals surface area (Å²) in [6.07, 6.45) is 0.0108. The molecule has 0 unspecified atom stereocenters. The van der Waals surface area contributed by atoms with Gasteiger partial charge in [-0.1, -0.05) is 18.2 Å². The molecule has 1 aromatic heterocycles. The third kappa shape index (κ3) is 4.24. The molecule has 1 saturated heterocycles. The van der Waals surface area contributed by atoms with Crippen molar-refractivity contribution in [2.75, 3.05) is 19.7 Å². The number of aromatic nitrogens is 2. The molecule has 1 fully saturated rings. The third-order valence-corrected chi connectivity index (χ3v) is 3.89. The summed E-state index contributed by atoms with van der Waals surface area (Å²) in [4.78, 5) is 26.0. The molecule has 0 bridgehead atoms. The first-order chi connectivity index (χ1) is 12.0. The molecule has 3 rings (SSSR count). The summed E-state index contributed by atoms with van der Waals surface area (Å²) in [5, 5.41) is 4.18. The van der Waals surface area contributed by atoms with Gasteiger partial charge in [0.15, 0.2) is 6.61 Å². The molecule has 0 saturated carbocycles. The Morgan fingerprint density at radius 1 is 1.16 bits per heavy atom. The minimum Gasteiger partial charge on any atom is -0.467 e. The van der Waals surface area contributed by atoms with Gasteiger partial charge in [-0.15, -0.1) is 5.10 Å². The molecule has 132 valence electrons. The lowest BCUT2D eigenvalue weighted by molar-refractivity contribution is -0.145. The van der Waals surface area contributed by atoms with Gasteiger partial charge in [0.25, 0.3) is 11.5 Å². The van der Waals surface area contributed by atoms with E-state index in [-0.39, 0.29) is 36.2 Å². The topological polar surface area (TPSA) is 73.7 Å². The number of carbonyl (C=O) groups excluding carboxylic acids is 1. The van der Waals surface area contributed by atoms with E-state index in [0.717, 1.165) is 0 Å². The Morgan fingerprint density at radius 3 is 2.52 bits per heavy atom. The summed E-state index contributed by atoms with van der Waals surface area (Å²) < 4.78 is 12.4. The van der Waals surface area contributed by atoms with Crippen molar-refractivity contribution in [1.82, 2.24) is 14.7 Å². The standard InChI is InChI=1S/C18H21N3O4/c1-13-10-20(11-14(2)25-13)18(23)12-24-16-8-9-17(22)21(19-16)15-6-4-3-5-7-15/h3-9,13-14H,10-12H2,1-2H3/t13-,14-/m1/s1. The van der Waals surface area contributed by atoms with E-state index in [1.165, 1.54) is 16.8 Å². The second-order valence-corrected chi connectivity index (χ2v) is 6.10. The summed E-state index contributed by atoms with van der Waals surface area (Å²) in [5.41, 5.74) is 0.376. The first-order valence-electron chi connectivity index (χ1n) is 8.25. The van der Waals surface area contributed by atoms with Crippen molar-refractivity contribution < 1.29 is 14.3 Å². The number of para-hydroxylation sites is 1. The summed E-state index contributed by atoms with van der Waals surface area (Å²) in [6, 6.07) is 11.9. The van der Waals surface area contributed by atoms with Gasteiger partial charge in [0, 0.05) is 25.2 Å². The smallest absolute Gasteiger partial charge is 0.271 e. The maximum atomic E-state index is 12.3. The lowest BCUT2D eigenvalue weighted by Crippen LogP contribution is -2.49. The average Bonchev–Trinajstić information content (AvgIpc) is 2.60. The molecule has 0 spiro atoms. The van der Waals surface area contributed by atoms with Gasteiger partial charge in [-0.3, -0.25) is 9.59 Å². The maximum absolute atomic E-state index is 12.3. The van der Waals surface area contributed by atoms with Gasteiger partial charge in [-0.05, 0) is 26.0 Å². The number of morpholine rings is 1. The Kier molecular flexibility index (Phi) is 5.14. The van der Waals surface area contributed by atoms with Crippen LogP contribution in [0.1, 0.15) is 13.8 Å². The average molecular weight is 343 g/mol. The van der Waals surface area contributed by atoms with Crippen molar-refractivity contribution >= 4 is 5.91 Å². The molecule has 1 aromatic carbocycles. The van der Waals surface area contributed by atoms with Crippen LogP contribution in [-0.4, -0.2) is 52.5 Å². The molecule has 2 heterocycles. The van der Waals surface area contributed by atoms with Gasteiger partial charge < -0.3 is 14.4 Å². The van der Waals surface area contributed by atoms with Crippen molar-refractivity contribution in [2.24, 2.45) is 0 Å². The summed E-state index contributed by atoms with van der Waals surface area (Å²) >= 11 is 0. The minimum atomic E-state index is -0.263. The maximum Gasteiger partial charge on any atom is 0.271 e. The predicted octanol–water partition coefficient (Wildman–Crippen LogP) is 1.25. The molecule has 2 atom stereocenters. The molecule has 0 aliphatic carbocycles. The quantitative estimate of drug-likeness (QED) is 0.835. The fraction of sp³-hybridized carbons (Fsp3) is 0.389. The van der Waals surface area contributed by atoms with Gasteiger partial charge >= 0.3 is 0 Å². The van der Waals surface area contributed by atoms with E-state index in [0.29, 0.717) is 18.8 Å². The van der Waals surface area contributed by atoms with Gasteiger partial charge in [0.05, 0.1) is 17.9 Å². The fourth-order valence-corrected chi connectivity index (χ4v) is 2.83. The van der Waals surface area contributed by atoms with E-state index < -0.39 is 0 Å². The first-order valence-corrected chi connectivity index (χ1v) is 8.25. The van der Waals surface area contributed by atoms with Crippen LogP contribution in [-0.2, 0) is 9.53 Å². The fourth-order valence-electron chi connectivity index (χ4n) is 2.83. The zero-order chi connectivity index (χ0) is 17.8. The van der Waals surface area contributed by atoms with Crippen LogP contribution in [0.15, 0.2) is 47.3 Å². The van der Waals surface area contributed by atoms with Crippen molar-refractivity contribution in [3.05, 3.63) is 52.8 Å². The SMILES string of the molecule is C[C@@H]1CN(C(=O)COc2ccc(=O)n(-c3ccccc3)n2)C[C@@H](C)O1. The van der Waals surface area contributed by atoms with Crippen LogP contribution < -0.4 is 10.3 Å². The first kappa shape index (κ1) is 17.2. The molecule has 1 aliphatic rings. The molecular weight excluding hydrogens is 322 g/mol. The molecule has 1 aliphatic heterocycles. The minimum absolute atomic E-state index is 0.00538. The van der Waals surface area contributed by atoms with Crippen LogP contribution >= 0.6 is 0 Å². The monoisotopic (exact) mass is 343 g/mol. The normalized spacial score (nSPS) is 20.3. The molecule has 7 nitrogen and oxygen atoms in total. The van der Waals surface area contributed by atoms with Gasteiger partial charge in [-0.25, -0.2) is 0 Å². The van der Waals surface area contributed by atoms with Crippen LogP contribution in [0.25, 0.3) is 5.69 Å². The lowest BCUT2D eigenvalue weighted by atomic mass is 10.2. The number of benzene rings is 1. The lowest BCUT2D eigenvalue weighted by Gasteiger charge is -2.35. The Morgan fingerprint density at radius 2 is 1.84 bits per heavy atom. The highest BCUT2D eigenvalue weighted by Crippen LogP contribution is 2.12. The third-order valence-electron chi connectivity index (χ3n) is 3.89. The van der Waals surface area contributed by atoms with Crippen molar-refractivity contribution in [2.45, 2.75) is 26.1 Å². The van der Waals surface area contributed by atoms with Crippen molar-refractivity contribution in [3.63, 3.8) is 0 Å². The van der Waals surface area contributed by atoms with Crippen LogP contribution in [0.2, 0.25) is 0 Å². The second-order valence-electron chi connectivity index (χ2n) is 6.10. The zero-order valence-electron chi connectivity index (χ0n) is 14.3. The summed E-state index contributed by atoms with van der Waals surface area (Å²) in [5.74, 6) is 0.104. The molecular formula is C18H21N3O4. The zero-order valence-corrected chi connectivity index (χ0v) is 14.3. The van der Waals surface area contributed by atoms with Crippen molar-refractivity contribution in [1.29, 1.82) is 0 Å². The van der Waals surface area contributed by atoms with Crippen LogP contribution in [0.3, 0.4) is 0 Å². The predicted molar refractivity (Wildman–Crippen MR) is 91.9 cm³/mol. The Balaban J connectivity index is 1.67. The second kappa shape index (κ2) is 7.48. The number of ether oxygens (including phenoxy) is 2. The number of nitrogens with zero attached hydrogens (tertiary/aromatic N) is 3. The van der Waals surface area contributed by atoms with Crippen molar-refractivity contribution in [3.8, 4) is 11.6 Å². The van der Waals surface area contributed by atoms with Gasteiger partial charge in [0.2, 0.25) is 5.88 Å². The highest BCUT2D eigenvalue weighted by atomic mass is 16.5. The Labute approximate surface area is 145 Å². The van der Waals surface area contributed by atoms with E-state index in [1.807, 2.05) is 32.0 Å². The van der Waals surface area contributed by atoms with E-state index >= 15 is 0 Å². The van der Waals surface area contributed by atoms with Crippen LogP contribution in [0, 0.1) is 0 Å². The van der Waals surface area contributed by atoms with E-state index in [9.17, 15) is 9.59 Å². The van der Waals surface area contributed by atoms with Gasteiger partial charge in [0.1, 0.15) is 0 Å². The molecule has 0 N–H and O–H groups in total. The number of rotatable bonds is 4. The molecule has 2 aromatic rings. The highest BCUT2D eigenvalue weighted by Gasteiger charge is 2.26. The van der Waals surface area contributed by atoms with E-state index in [2.05, 4.69) is 5.10 Å². The number of amides is 1. The van der Waals surface area contributed by atoms with Gasteiger partial charge in [-0.2, -0.15) is 4.68 Å². The number of hydrogen-bond donors (Lipinski definition) is 0. The Bertz CT molecular complexity index is 780. The summed E-state index contributed by atoms with van der Waals surface area (Å²) in [7, 11) is 0. The molecule has 1 amide bonds. The molecule has 7 heteroatoms. The summed E-state index contributed by atoms with van der Waals surface area (Å²) in [6.45, 7) is 4.84. The highest BCUT2D eigenvalue weighted by molar-refractivity contribution is 5.77. The van der Waals surface area contributed by atoms with Crippen LogP contribution in [0.4, 0.5) is 0 Å². The van der Waals surface area contributed by atoms with Crippen LogP contribution in [0.5, 0.6) is 5.88 Å². The van der Waals surface area contributed by atoms with E-state index in [4.69, 9.17) is 9.47 Å². The molecule has 25 heavy (non-hydrogen) atoms. The molecule has 0 radical (unpaired) electrons. The number of carbonyl (C=O) groups is 1. The van der Waals surface area contributed by atoms with E-state index in [1.54, 1.807) is 17.0 Å².